The number of rotatable bonds is 7. The molecule has 0 saturated carbocycles. The molecule has 33 heavy (non-hydrogen) atoms. The molecule has 0 saturated heterocycles. The molecule has 1 unspecified atom stereocenters. The lowest BCUT2D eigenvalue weighted by atomic mass is 9.74. The third kappa shape index (κ3) is 7.12. The normalized spacial score (nSPS) is 15.5. The van der Waals surface area contributed by atoms with E-state index in [1.54, 1.807) is 0 Å². The predicted octanol–water partition coefficient (Wildman–Crippen LogP) is 9.39. The quantitative estimate of drug-likeness (QED) is 0.419. The lowest BCUT2D eigenvalue weighted by Gasteiger charge is -2.35. The monoisotopic (exact) mass is 449 g/mol. The third-order valence-electron chi connectivity index (χ3n) is 5.53. The summed E-state index contributed by atoms with van der Waals surface area (Å²) in [7, 11) is 0. The van der Waals surface area contributed by atoms with Crippen LogP contribution in [0.25, 0.3) is 5.76 Å². The van der Waals surface area contributed by atoms with Gasteiger partial charge in [-0.15, -0.1) is 0 Å². The molecule has 2 rings (SSSR count). The van der Waals surface area contributed by atoms with Crippen LogP contribution in [0.5, 0.6) is 0 Å². The number of allylic oxidation sites excluding steroid dienone is 7. The number of hydrogen-bond donors (Lipinski definition) is 1. The van der Waals surface area contributed by atoms with E-state index in [0.717, 1.165) is 28.1 Å². The van der Waals surface area contributed by atoms with Crippen LogP contribution in [-0.4, -0.2) is 6.61 Å². The van der Waals surface area contributed by atoms with E-state index >= 15 is 0 Å². The van der Waals surface area contributed by atoms with Crippen LogP contribution in [-0.2, 0) is 4.74 Å². The SMILES string of the molecule is C=C(C)C1=C(C)NC(/C(C)=C\C)=C(C(=C)C)C1c1ccc(C(=C)OCC)cc1C.CC.CC. The van der Waals surface area contributed by atoms with E-state index in [1.165, 1.54) is 27.8 Å². The highest BCUT2D eigenvalue weighted by Gasteiger charge is 2.32. The first-order valence-electron chi connectivity index (χ1n) is 12.2. The third-order valence-corrected chi connectivity index (χ3v) is 5.53. The van der Waals surface area contributed by atoms with Crippen molar-refractivity contribution in [1.29, 1.82) is 0 Å². The van der Waals surface area contributed by atoms with Crippen molar-refractivity contribution in [2.24, 2.45) is 0 Å². The van der Waals surface area contributed by atoms with Gasteiger partial charge in [0.25, 0.3) is 0 Å². The highest BCUT2D eigenvalue weighted by Crippen LogP contribution is 2.45. The molecule has 0 amide bonds. The summed E-state index contributed by atoms with van der Waals surface area (Å²) in [5, 5.41) is 3.63. The van der Waals surface area contributed by atoms with Gasteiger partial charge in [0, 0.05) is 22.9 Å². The summed E-state index contributed by atoms with van der Waals surface area (Å²) in [5.74, 6) is 0.797. The minimum Gasteiger partial charge on any atom is -0.494 e. The minimum atomic E-state index is 0.0885. The van der Waals surface area contributed by atoms with Crippen LogP contribution in [0.2, 0.25) is 0 Å². The van der Waals surface area contributed by atoms with Gasteiger partial charge in [0.05, 0.1) is 6.61 Å². The first-order valence-corrected chi connectivity index (χ1v) is 12.2. The number of nitrogens with one attached hydrogen (secondary N) is 1. The van der Waals surface area contributed by atoms with Crippen LogP contribution < -0.4 is 5.32 Å². The Balaban J connectivity index is 0.00000242. The number of benzene rings is 1. The zero-order valence-corrected chi connectivity index (χ0v) is 23.1. The summed E-state index contributed by atoms with van der Waals surface area (Å²) in [6, 6.07) is 6.47. The Labute approximate surface area is 204 Å². The fourth-order valence-electron chi connectivity index (χ4n) is 4.05. The summed E-state index contributed by atoms with van der Waals surface area (Å²) in [6.07, 6.45) is 2.14. The van der Waals surface area contributed by atoms with Crippen molar-refractivity contribution in [2.45, 2.75) is 82.1 Å². The molecule has 2 nitrogen and oxygen atoms in total. The summed E-state index contributed by atoms with van der Waals surface area (Å²) < 4.78 is 5.61. The molecule has 1 N–H and O–H groups in total. The maximum atomic E-state index is 5.61. The molecular formula is C31H47NO. The first kappa shape index (κ1) is 30.3. The van der Waals surface area contributed by atoms with Gasteiger partial charge in [-0.05, 0) is 82.4 Å². The minimum absolute atomic E-state index is 0.0885. The van der Waals surface area contributed by atoms with Gasteiger partial charge < -0.3 is 10.1 Å². The Bertz CT molecular complexity index is 953. The molecule has 1 atom stereocenters. The molecule has 0 fully saturated rings. The maximum Gasteiger partial charge on any atom is 0.119 e. The lowest BCUT2D eigenvalue weighted by molar-refractivity contribution is 0.299. The Kier molecular flexibility index (Phi) is 13.2. The van der Waals surface area contributed by atoms with Crippen molar-refractivity contribution < 1.29 is 4.74 Å². The van der Waals surface area contributed by atoms with Gasteiger partial charge in [-0.25, -0.2) is 0 Å². The van der Waals surface area contributed by atoms with Crippen LogP contribution >= 0.6 is 0 Å². The van der Waals surface area contributed by atoms with E-state index in [-0.39, 0.29) is 5.92 Å². The van der Waals surface area contributed by atoms with Crippen molar-refractivity contribution in [1.82, 2.24) is 5.32 Å². The molecule has 1 aliphatic heterocycles. The predicted molar refractivity (Wildman–Crippen MR) is 149 cm³/mol. The van der Waals surface area contributed by atoms with Crippen molar-refractivity contribution in [3.8, 4) is 0 Å². The molecular weight excluding hydrogens is 402 g/mol. The van der Waals surface area contributed by atoms with Gasteiger partial charge in [-0.1, -0.05) is 76.8 Å². The van der Waals surface area contributed by atoms with Crippen molar-refractivity contribution in [3.63, 3.8) is 0 Å². The smallest absolute Gasteiger partial charge is 0.119 e. The molecule has 2 heteroatoms. The molecule has 1 heterocycles. The maximum absolute atomic E-state index is 5.61. The van der Waals surface area contributed by atoms with E-state index in [0.29, 0.717) is 12.4 Å². The molecule has 1 aromatic carbocycles. The highest BCUT2D eigenvalue weighted by molar-refractivity contribution is 5.64. The van der Waals surface area contributed by atoms with Gasteiger partial charge in [-0.3, -0.25) is 0 Å². The molecule has 0 radical (unpaired) electrons. The number of dihydropyridines is 1. The van der Waals surface area contributed by atoms with Gasteiger partial charge in [0.1, 0.15) is 5.76 Å². The van der Waals surface area contributed by atoms with Gasteiger partial charge >= 0.3 is 0 Å². The van der Waals surface area contributed by atoms with Gasteiger partial charge in [-0.2, -0.15) is 0 Å². The summed E-state index contributed by atoms with van der Waals surface area (Å²) in [4.78, 5) is 0. The zero-order valence-electron chi connectivity index (χ0n) is 23.1. The number of ether oxygens (including phenoxy) is 1. The molecule has 0 bridgehead atoms. The highest BCUT2D eigenvalue weighted by atomic mass is 16.5. The Hall–Kier alpha value is -2.74. The molecule has 0 spiro atoms. The number of aryl methyl sites for hydroxylation is 1. The fraction of sp³-hybridized carbons (Fsp3) is 0.419. The Morgan fingerprint density at radius 2 is 1.52 bits per heavy atom. The van der Waals surface area contributed by atoms with E-state index in [2.05, 4.69) is 90.9 Å². The first-order chi connectivity index (χ1) is 15.6. The van der Waals surface area contributed by atoms with E-state index < -0.39 is 0 Å². The second kappa shape index (κ2) is 14.4. The summed E-state index contributed by atoms with van der Waals surface area (Å²) in [5.41, 5.74) is 11.6. The van der Waals surface area contributed by atoms with E-state index in [9.17, 15) is 0 Å². The average molecular weight is 450 g/mol. The molecule has 1 aromatic rings. The molecule has 0 aliphatic carbocycles. The van der Waals surface area contributed by atoms with Crippen molar-refractivity contribution >= 4 is 5.76 Å². The molecule has 1 aliphatic rings. The lowest BCUT2D eigenvalue weighted by Crippen LogP contribution is -2.27. The molecule has 182 valence electrons. The molecule has 0 aromatic heterocycles. The second-order valence-electron chi connectivity index (χ2n) is 7.85. The summed E-state index contributed by atoms with van der Waals surface area (Å²) >= 11 is 0. The standard InChI is InChI=1S/C27H35NO.2C2H6/c1-11-18(7)27-25(17(5)6)26(24(16(3)4)20(9)28-27)23-14-13-22(15-19(23)8)21(10)29-12-2;2*1-2/h11,13-15,26,28H,3,5,10,12H2,1-2,4,6-9H3;2*1-2H3/b18-11-;;. The van der Waals surface area contributed by atoms with E-state index in [1.807, 2.05) is 34.6 Å². The van der Waals surface area contributed by atoms with Gasteiger partial charge in [0.15, 0.2) is 0 Å². The number of hydrogen-bond acceptors (Lipinski definition) is 2. The fourth-order valence-corrected chi connectivity index (χ4v) is 4.05. The topological polar surface area (TPSA) is 21.3 Å². The van der Waals surface area contributed by atoms with E-state index in [4.69, 9.17) is 4.74 Å². The van der Waals surface area contributed by atoms with Crippen LogP contribution in [0.1, 0.15) is 91.8 Å². The summed E-state index contributed by atoms with van der Waals surface area (Å²) in [6.45, 7) is 35.9. The second-order valence-corrected chi connectivity index (χ2v) is 7.85. The van der Waals surface area contributed by atoms with Gasteiger partial charge in [0.2, 0.25) is 0 Å². The van der Waals surface area contributed by atoms with Crippen LogP contribution in [0.3, 0.4) is 0 Å². The zero-order chi connectivity index (χ0) is 25.9. The van der Waals surface area contributed by atoms with Crippen LogP contribution in [0.4, 0.5) is 0 Å². The van der Waals surface area contributed by atoms with Crippen molar-refractivity contribution in [2.75, 3.05) is 6.61 Å². The average Bonchev–Trinajstić information content (AvgIpc) is 2.80. The van der Waals surface area contributed by atoms with Crippen LogP contribution in [0, 0.1) is 6.92 Å². The Morgan fingerprint density at radius 3 is 1.94 bits per heavy atom. The Morgan fingerprint density at radius 1 is 0.970 bits per heavy atom. The van der Waals surface area contributed by atoms with Crippen LogP contribution in [0.15, 0.2) is 83.3 Å². The largest absolute Gasteiger partial charge is 0.494 e. The van der Waals surface area contributed by atoms with Crippen molar-refractivity contribution in [3.05, 3.63) is 100.0 Å².